The fraction of sp³-hybridized carbons (Fsp3) is 0.222. The first-order chi connectivity index (χ1) is 11.1. The minimum absolute atomic E-state index is 0.0893. The smallest absolute Gasteiger partial charge is 0.261 e. The van der Waals surface area contributed by atoms with Crippen LogP contribution in [0.25, 0.3) is 10.9 Å². The molecular weight excluding hydrogens is 293 g/mol. The number of rotatable bonds is 3. The lowest BCUT2D eigenvalue weighted by Crippen LogP contribution is -2.25. The summed E-state index contributed by atoms with van der Waals surface area (Å²) in [7, 11) is 0. The molecule has 1 saturated carbocycles. The highest BCUT2D eigenvalue weighted by Crippen LogP contribution is 2.39. The second kappa shape index (κ2) is 5.19. The van der Waals surface area contributed by atoms with Gasteiger partial charge in [0.05, 0.1) is 17.4 Å². The number of hydrogen-bond acceptors (Lipinski definition) is 3. The minimum atomic E-state index is -0.284. The van der Waals surface area contributed by atoms with Crippen molar-refractivity contribution in [1.29, 1.82) is 0 Å². The number of anilines is 1. The summed E-state index contributed by atoms with van der Waals surface area (Å²) in [5.41, 5.74) is 7.82. The number of aromatic nitrogens is 2. The molecule has 1 aromatic heterocycles. The van der Waals surface area contributed by atoms with Gasteiger partial charge in [-0.05, 0) is 48.7 Å². The van der Waals surface area contributed by atoms with Crippen LogP contribution in [0.1, 0.15) is 30.1 Å². The Morgan fingerprint density at radius 2 is 1.91 bits per heavy atom. The zero-order valence-electron chi connectivity index (χ0n) is 12.5. The van der Waals surface area contributed by atoms with Gasteiger partial charge in [-0.3, -0.25) is 9.36 Å². The van der Waals surface area contributed by atoms with Crippen LogP contribution in [0, 0.1) is 5.82 Å². The lowest BCUT2D eigenvalue weighted by atomic mass is 10.2. The van der Waals surface area contributed by atoms with E-state index in [1.165, 1.54) is 12.1 Å². The zero-order chi connectivity index (χ0) is 16.0. The predicted octanol–water partition coefficient (Wildman–Crippen LogP) is 3.04. The van der Waals surface area contributed by atoms with Crippen molar-refractivity contribution in [2.45, 2.75) is 25.3 Å². The SMILES string of the molecule is Nc1ccc2nc(C3CC3)n(Cc3ccc(F)cc3)c(=O)c2c1. The number of nitrogens with zero attached hydrogens (tertiary/aromatic N) is 2. The predicted molar refractivity (Wildman–Crippen MR) is 87.9 cm³/mol. The molecule has 2 aromatic carbocycles. The molecule has 0 unspecified atom stereocenters. The monoisotopic (exact) mass is 309 g/mol. The van der Waals surface area contributed by atoms with Crippen molar-refractivity contribution in [3.05, 3.63) is 70.0 Å². The number of hydrogen-bond donors (Lipinski definition) is 1. The quantitative estimate of drug-likeness (QED) is 0.756. The topological polar surface area (TPSA) is 60.9 Å². The molecule has 23 heavy (non-hydrogen) atoms. The molecule has 0 atom stereocenters. The van der Waals surface area contributed by atoms with E-state index in [-0.39, 0.29) is 11.4 Å². The zero-order valence-corrected chi connectivity index (χ0v) is 12.5. The molecule has 0 radical (unpaired) electrons. The summed E-state index contributed by atoms with van der Waals surface area (Å²) in [5, 5.41) is 0.525. The van der Waals surface area contributed by atoms with Crippen LogP contribution < -0.4 is 11.3 Å². The maximum atomic E-state index is 13.1. The molecule has 2 N–H and O–H groups in total. The van der Waals surface area contributed by atoms with Crippen molar-refractivity contribution in [2.75, 3.05) is 5.73 Å². The van der Waals surface area contributed by atoms with E-state index in [4.69, 9.17) is 5.73 Å². The van der Waals surface area contributed by atoms with Gasteiger partial charge >= 0.3 is 0 Å². The summed E-state index contributed by atoms with van der Waals surface area (Å²) in [6, 6.07) is 11.4. The second-order valence-electron chi connectivity index (χ2n) is 6.04. The van der Waals surface area contributed by atoms with Gasteiger partial charge in [0.1, 0.15) is 11.6 Å². The van der Waals surface area contributed by atoms with E-state index in [2.05, 4.69) is 4.98 Å². The van der Waals surface area contributed by atoms with Crippen LogP contribution in [0.4, 0.5) is 10.1 Å². The number of halogens is 1. The third-order valence-electron chi connectivity index (χ3n) is 4.20. The van der Waals surface area contributed by atoms with Gasteiger partial charge in [-0.1, -0.05) is 12.1 Å². The first-order valence-electron chi connectivity index (χ1n) is 7.66. The molecule has 1 fully saturated rings. The van der Waals surface area contributed by atoms with Crippen molar-refractivity contribution in [2.24, 2.45) is 0 Å². The van der Waals surface area contributed by atoms with Gasteiger partial charge in [-0.2, -0.15) is 0 Å². The molecule has 0 saturated heterocycles. The van der Waals surface area contributed by atoms with Crippen LogP contribution in [0.5, 0.6) is 0 Å². The molecule has 5 heteroatoms. The summed E-state index contributed by atoms with van der Waals surface area (Å²) in [6.07, 6.45) is 2.10. The molecule has 1 heterocycles. The van der Waals surface area contributed by atoms with Crippen LogP contribution in [0.2, 0.25) is 0 Å². The molecule has 4 rings (SSSR count). The minimum Gasteiger partial charge on any atom is -0.399 e. The third kappa shape index (κ3) is 2.59. The molecule has 0 aliphatic heterocycles. The van der Waals surface area contributed by atoms with Crippen LogP contribution >= 0.6 is 0 Å². The van der Waals surface area contributed by atoms with Crippen molar-refractivity contribution in [1.82, 2.24) is 9.55 Å². The Balaban J connectivity index is 1.89. The fourth-order valence-electron chi connectivity index (χ4n) is 2.83. The Morgan fingerprint density at radius 3 is 2.61 bits per heavy atom. The highest BCUT2D eigenvalue weighted by Gasteiger charge is 2.29. The first kappa shape index (κ1) is 13.9. The third-order valence-corrected chi connectivity index (χ3v) is 4.20. The Kier molecular flexibility index (Phi) is 3.15. The van der Waals surface area contributed by atoms with E-state index >= 15 is 0 Å². The summed E-state index contributed by atoms with van der Waals surface area (Å²) in [5.74, 6) is 0.870. The van der Waals surface area contributed by atoms with Crippen LogP contribution in [-0.2, 0) is 6.54 Å². The molecular formula is C18H16FN3O. The maximum absolute atomic E-state index is 13.1. The van der Waals surface area contributed by atoms with E-state index in [1.54, 1.807) is 34.9 Å². The fourth-order valence-corrected chi connectivity index (χ4v) is 2.83. The molecule has 1 aliphatic carbocycles. The van der Waals surface area contributed by atoms with E-state index < -0.39 is 0 Å². The molecule has 4 nitrogen and oxygen atoms in total. The molecule has 0 amide bonds. The number of nitrogen functional groups attached to an aromatic ring is 1. The van der Waals surface area contributed by atoms with Gasteiger partial charge in [-0.15, -0.1) is 0 Å². The van der Waals surface area contributed by atoms with Crippen molar-refractivity contribution >= 4 is 16.6 Å². The lowest BCUT2D eigenvalue weighted by molar-refractivity contribution is 0.624. The maximum Gasteiger partial charge on any atom is 0.261 e. The van der Waals surface area contributed by atoms with Gasteiger partial charge in [0.15, 0.2) is 0 Å². The molecule has 3 aromatic rings. The van der Waals surface area contributed by atoms with E-state index in [9.17, 15) is 9.18 Å². The molecule has 0 bridgehead atoms. The number of nitrogens with two attached hydrogens (primary N) is 1. The van der Waals surface area contributed by atoms with Crippen LogP contribution in [0.3, 0.4) is 0 Å². The molecule has 0 spiro atoms. The van der Waals surface area contributed by atoms with Crippen molar-refractivity contribution in [3.8, 4) is 0 Å². The van der Waals surface area contributed by atoms with Gasteiger partial charge in [0, 0.05) is 11.6 Å². The Labute approximate surface area is 132 Å². The van der Waals surface area contributed by atoms with Gasteiger partial charge in [0.2, 0.25) is 0 Å². The van der Waals surface area contributed by atoms with E-state index in [0.717, 1.165) is 24.2 Å². The van der Waals surface area contributed by atoms with Crippen LogP contribution in [0.15, 0.2) is 47.3 Å². The van der Waals surface area contributed by atoms with Gasteiger partial charge in [0.25, 0.3) is 5.56 Å². The largest absolute Gasteiger partial charge is 0.399 e. The summed E-state index contributed by atoms with van der Waals surface area (Å²) in [4.78, 5) is 17.6. The number of benzene rings is 2. The summed E-state index contributed by atoms with van der Waals surface area (Å²) in [6.45, 7) is 0.392. The Bertz CT molecular complexity index is 943. The highest BCUT2D eigenvalue weighted by atomic mass is 19.1. The Morgan fingerprint density at radius 1 is 1.17 bits per heavy atom. The molecule has 1 aliphatic rings. The second-order valence-corrected chi connectivity index (χ2v) is 6.04. The lowest BCUT2D eigenvalue weighted by Gasteiger charge is -2.13. The normalized spacial score (nSPS) is 14.3. The van der Waals surface area contributed by atoms with Gasteiger partial charge < -0.3 is 5.73 Å². The van der Waals surface area contributed by atoms with E-state index in [1.807, 2.05) is 0 Å². The standard InChI is InChI=1S/C18H16FN3O/c19-13-5-1-11(2-6-13)10-22-17(12-3-4-12)21-16-8-7-14(20)9-15(16)18(22)23/h1-2,5-9,12H,3-4,10,20H2. The number of fused-ring (bicyclic) bond motifs is 1. The Hall–Kier alpha value is -2.69. The average Bonchev–Trinajstić information content (AvgIpc) is 3.37. The van der Waals surface area contributed by atoms with Crippen LogP contribution in [-0.4, -0.2) is 9.55 Å². The van der Waals surface area contributed by atoms with Gasteiger partial charge in [-0.25, -0.2) is 9.37 Å². The summed E-state index contributed by atoms with van der Waals surface area (Å²) >= 11 is 0. The average molecular weight is 309 g/mol. The summed E-state index contributed by atoms with van der Waals surface area (Å²) < 4.78 is 14.8. The van der Waals surface area contributed by atoms with E-state index in [0.29, 0.717) is 29.1 Å². The van der Waals surface area contributed by atoms with Crippen molar-refractivity contribution < 1.29 is 4.39 Å². The first-order valence-corrected chi connectivity index (χ1v) is 7.66. The highest BCUT2D eigenvalue weighted by molar-refractivity contribution is 5.81. The molecule has 116 valence electrons. The van der Waals surface area contributed by atoms with Crippen molar-refractivity contribution in [3.63, 3.8) is 0 Å².